The summed E-state index contributed by atoms with van der Waals surface area (Å²) in [5.74, 6) is -1.23. The first kappa shape index (κ1) is 19.2. The van der Waals surface area contributed by atoms with Gasteiger partial charge in [0.2, 0.25) is 0 Å². The maximum Gasteiger partial charge on any atom is 0.261 e. The molecule has 4 amide bonds. The molecular formula is C28H18N2O4. The molecular weight excluding hydrogens is 428 g/mol. The van der Waals surface area contributed by atoms with Crippen molar-refractivity contribution in [3.05, 3.63) is 69.8 Å². The van der Waals surface area contributed by atoms with Crippen LogP contribution in [0.15, 0.2) is 36.4 Å². The van der Waals surface area contributed by atoms with E-state index < -0.39 is 0 Å². The van der Waals surface area contributed by atoms with Gasteiger partial charge in [-0.3, -0.25) is 29.0 Å². The normalized spacial score (nSPS) is 15.8. The van der Waals surface area contributed by atoms with Crippen LogP contribution in [0, 0.1) is 13.8 Å². The van der Waals surface area contributed by atoms with E-state index in [0.717, 1.165) is 43.4 Å². The molecule has 0 aromatic heterocycles. The van der Waals surface area contributed by atoms with E-state index in [0.29, 0.717) is 33.0 Å². The van der Waals surface area contributed by atoms with Crippen molar-refractivity contribution < 1.29 is 19.2 Å². The first-order valence-corrected chi connectivity index (χ1v) is 11.1. The van der Waals surface area contributed by atoms with Crippen LogP contribution in [0.1, 0.15) is 52.6 Å². The highest BCUT2D eigenvalue weighted by atomic mass is 16.2. The smallest absolute Gasteiger partial charge is 0.261 e. The van der Waals surface area contributed by atoms with Gasteiger partial charge in [-0.05, 0) is 81.6 Å². The molecule has 0 atom stereocenters. The maximum absolute atomic E-state index is 13.1. The standard InChI is InChI=1S/C28H18N2O4/c1-11-9-17-13-5-8-16-24-20(28(34)30(4)26(16)32)12(2)10-18(22(13)24)14-6-7-15-23(21(14)17)19(11)27(33)29(3)25(15)31/h5-10H,1-4H3. The van der Waals surface area contributed by atoms with Crippen molar-refractivity contribution in [1.29, 1.82) is 0 Å². The van der Waals surface area contributed by atoms with Gasteiger partial charge in [-0.2, -0.15) is 0 Å². The molecule has 2 heterocycles. The highest BCUT2D eigenvalue weighted by molar-refractivity contribution is 6.41. The number of amides is 4. The largest absolute Gasteiger partial charge is 0.277 e. The summed E-state index contributed by atoms with van der Waals surface area (Å²) in [5.41, 5.74) is 3.71. The molecule has 164 valence electrons. The molecule has 2 aliphatic rings. The van der Waals surface area contributed by atoms with Gasteiger partial charge in [0.15, 0.2) is 0 Å². The van der Waals surface area contributed by atoms with Crippen molar-refractivity contribution in [2.45, 2.75) is 13.8 Å². The zero-order chi connectivity index (χ0) is 23.8. The minimum atomic E-state index is -0.313. The minimum absolute atomic E-state index is 0.301. The number of hydrogen-bond acceptors (Lipinski definition) is 4. The third kappa shape index (κ3) is 1.91. The van der Waals surface area contributed by atoms with Gasteiger partial charge >= 0.3 is 0 Å². The Morgan fingerprint density at radius 2 is 0.882 bits per heavy atom. The highest BCUT2D eigenvalue weighted by Gasteiger charge is 2.36. The number of hydrogen-bond donors (Lipinski definition) is 0. The van der Waals surface area contributed by atoms with E-state index in [1.807, 2.05) is 38.1 Å². The third-order valence-electron chi connectivity index (χ3n) is 7.65. The molecule has 6 heteroatoms. The van der Waals surface area contributed by atoms with Gasteiger partial charge < -0.3 is 0 Å². The van der Waals surface area contributed by atoms with Gasteiger partial charge in [-0.1, -0.05) is 12.1 Å². The van der Waals surface area contributed by atoms with E-state index in [1.54, 1.807) is 12.1 Å². The molecule has 0 aliphatic carbocycles. The van der Waals surface area contributed by atoms with Crippen LogP contribution in [0.4, 0.5) is 0 Å². The molecule has 0 bridgehead atoms. The van der Waals surface area contributed by atoms with E-state index in [2.05, 4.69) is 0 Å². The van der Waals surface area contributed by atoms with Crippen LogP contribution in [0.3, 0.4) is 0 Å². The van der Waals surface area contributed by atoms with Crippen molar-refractivity contribution in [2.24, 2.45) is 0 Å². The fourth-order valence-electron chi connectivity index (χ4n) is 6.06. The Labute approximate surface area is 193 Å². The first-order chi connectivity index (χ1) is 16.2. The van der Waals surface area contributed by atoms with Crippen molar-refractivity contribution in [3.63, 3.8) is 0 Å². The lowest BCUT2D eigenvalue weighted by atomic mass is 9.80. The van der Waals surface area contributed by atoms with Crippen molar-refractivity contribution in [3.8, 4) is 0 Å². The lowest BCUT2D eigenvalue weighted by Gasteiger charge is -2.29. The SMILES string of the molecule is Cc1cc2c3ccc4c5c(c(C)cc(c6ccc7c(c1C(=O)N(C)C7=O)c62)c53)C(=O)N(C)C4=O. The monoisotopic (exact) mass is 446 g/mol. The Balaban J connectivity index is 1.81. The number of imide groups is 2. The Bertz CT molecular complexity index is 1740. The first-order valence-electron chi connectivity index (χ1n) is 11.1. The molecule has 34 heavy (non-hydrogen) atoms. The number of aryl methyl sites for hydroxylation is 2. The van der Waals surface area contributed by atoms with E-state index in [-0.39, 0.29) is 23.6 Å². The quantitative estimate of drug-likeness (QED) is 0.194. The Morgan fingerprint density at radius 1 is 0.500 bits per heavy atom. The summed E-state index contributed by atoms with van der Waals surface area (Å²) in [6.45, 7) is 3.77. The minimum Gasteiger partial charge on any atom is -0.277 e. The van der Waals surface area contributed by atoms with Gasteiger partial charge in [0, 0.05) is 36.0 Å². The van der Waals surface area contributed by atoms with Crippen LogP contribution in [0.2, 0.25) is 0 Å². The molecule has 0 saturated carbocycles. The molecule has 0 saturated heterocycles. The molecule has 0 unspecified atom stereocenters. The van der Waals surface area contributed by atoms with Crippen LogP contribution in [-0.2, 0) is 0 Å². The summed E-state index contributed by atoms with van der Waals surface area (Å²) >= 11 is 0. The number of nitrogens with zero attached hydrogens (tertiary/aromatic N) is 2. The van der Waals surface area contributed by atoms with E-state index in [1.165, 1.54) is 23.9 Å². The van der Waals surface area contributed by atoms with Crippen molar-refractivity contribution >= 4 is 66.7 Å². The fraction of sp³-hybridized carbons (Fsp3) is 0.143. The maximum atomic E-state index is 13.1. The average Bonchev–Trinajstić information content (AvgIpc) is 2.82. The molecule has 6 nitrogen and oxygen atoms in total. The van der Waals surface area contributed by atoms with Crippen LogP contribution >= 0.6 is 0 Å². The molecule has 5 aromatic carbocycles. The second-order valence-electron chi connectivity index (χ2n) is 9.39. The van der Waals surface area contributed by atoms with Crippen molar-refractivity contribution in [1.82, 2.24) is 9.80 Å². The van der Waals surface area contributed by atoms with Gasteiger partial charge in [-0.15, -0.1) is 0 Å². The topological polar surface area (TPSA) is 74.8 Å². The van der Waals surface area contributed by atoms with Gasteiger partial charge in [0.1, 0.15) is 0 Å². The van der Waals surface area contributed by atoms with Gasteiger partial charge in [0.25, 0.3) is 23.6 Å². The predicted molar refractivity (Wildman–Crippen MR) is 130 cm³/mol. The van der Waals surface area contributed by atoms with Crippen LogP contribution in [-0.4, -0.2) is 47.5 Å². The Morgan fingerprint density at radius 3 is 1.26 bits per heavy atom. The van der Waals surface area contributed by atoms with Gasteiger partial charge in [-0.25, -0.2) is 0 Å². The highest BCUT2D eigenvalue weighted by Crippen LogP contribution is 2.47. The van der Waals surface area contributed by atoms with E-state index in [9.17, 15) is 19.2 Å². The average molecular weight is 446 g/mol. The molecule has 0 radical (unpaired) electrons. The summed E-state index contributed by atoms with van der Waals surface area (Å²) in [6, 6.07) is 11.4. The van der Waals surface area contributed by atoms with E-state index >= 15 is 0 Å². The molecule has 0 N–H and O–H groups in total. The molecule has 2 aliphatic heterocycles. The lowest BCUT2D eigenvalue weighted by molar-refractivity contribution is 0.0635. The fourth-order valence-corrected chi connectivity index (χ4v) is 6.06. The van der Waals surface area contributed by atoms with Crippen LogP contribution in [0.25, 0.3) is 43.1 Å². The second-order valence-corrected chi connectivity index (χ2v) is 9.39. The zero-order valence-electron chi connectivity index (χ0n) is 19.0. The summed E-state index contributed by atoms with van der Waals surface area (Å²) in [6.07, 6.45) is 0. The molecule has 5 aromatic rings. The number of benzene rings is 5. The number of fused-ring (bicyclic) bond motifs is 2. The van der Waals surface area contributed by atoms with Crippen molar-refractivity contribution in [2.75, 3.05) is 14.1 Å². The predicted octanol–water partition coefficient (Wildman–Crippen LogP) is 4.81. The Kier molecular flexibility index (Phi) is 3.26. The Hall–Kier alpha value is -4.32. The second kappa shape index (κ2) is 5.78. The summed E-state index contributed by atoms with van der Waals surface area (Å²) in [7, 11) is 3.02. The number of carbonyl (C=O) groups excluding carboxylic acids is 4. The molecule has 0 fully saturated rings. The number of rotatable bonds is 0. The van der Waals surface area contributed by atoms with Crippen LogP contribution < -0.4 is 0 Å². The van der Waals surface area contributed by atoms with Gasteiger partial charge in [0.05, 0.1) is 11.1 Å². The summed E-state index contributed by atoms with van der Waals surface area (Å²) in [4.78, 5) is 54.6. The van der Waals surface area contributed by atoms with Crippen LogP contribution in [0.5, 0.6) is 0 Å². The summed E-state index contributed by atoms with van der Waals surface area (Å²) in [5, 5.41) is 6.73. The third-order valence-corrected chi connectivity index (χ3v) is 7.65. The lowest BCUT2D eigenvalue weighted by Crippen LogP contribution is -2.37. The van der Waals surface area contributed by atoms with E-state index in [4.69, 9.17) is 0 Å². The molecule has 0 spiro atoms. The zero-order valence-corrected chi connectivity index (χ0v) is 19.0. The molecule has 7 rings (SSSR count). The summed E-state index contributed by atoms with van der Waals surface area (Å²) < 4.78 is 0. The number of carbonyl (C=O) groups is 4.